The van der Waals surface area contributed by atoms with Gasteiger partial charge in [0.2, 0.25) is 0 Å². The van der Waals surface area contributed by atoms with Gasteiger partial charge < -0.3 is 9.47 Å². The summed E-state index contributed by atoms with van der Waals surface area (Å²) in [6.07, 6.45) is 2.76. The van der Waals surface area contributed by atoms with Crippen molar-refractivity contribution < 1.29 is 24.0 Å². The topological polar surface area (TPSA) is 120 Å². The molecule has 0 bridgehead atoms. The minimum absolute atomic E-state index is 0.0247. The number of nitro groups is 1. The summed E-state index contributed by atoms with van der Waals surface area (Å²) in [5.41, 5.74) is 2.57. The number of esters is 2. The zero-order valence-electron chi connectivity index (χ0n) is 15.2. The van der Waals surface area contributed by atoms with Crippen LogP contribution in [0.2, 0.25) is 0 Å². The lowest BCUT2D eigenvalue weighted by Gasteiger charge is -2.26. The number of hydrogen-bond acceptors (Lipinski definition) is 8. The number of ether oxygens (including phenoxy) is 2. The Morgan fingerprint density at radius 3 is 2.43 bits per heavy atom. The van der Waals surface area contributed by atoms with Crippen molar-refractivity contribution in [3.8, 4) is 0 Å². The summed E-state index contributed by atoms with van der Waals surface area (Å²) in [7, 11) is 0. The highest BCUT2D eigenvalue weighted by atomic mass is 16.6. The lowest BCUT2D eigenvalue weighted by Crippen LogP contribution is -2.36. The fourth-order valence-electron chi connectivity index (χ4n) is 2.68. The Balaban J connectivity index is 2.62. The standard InChI is InChI=1S/C19H19N3O6/c1-4-10-27-18(23)15-12(3)20-21-17(19(24)28-11-5-2)16(15)13-8-6-7-9-14(13)22(25)26/h4-9,16,20H,1-2,10-11H2,3H3. The molecule has 9 heteroatoms. The van der Waals surface area contributed by atoms with Crippen molar-refractivity contribution in [2.45, 2.75) is 12.8 Å². The molecule has 0 amide bonds. The van der Waals surface area contributed by atoms with Crippen LogP contribution in [0.25, 0.3) is 0 Å². The van der Waals surface area contributed by atoms with Crippen molar-refractivity contribution >= 4 is 23.3 Å². The molecule has 1 unspecified atom stereocenters. The number of hydrazone groups is 1. The molecule has 28 heavy (non-hydrogen) atoms. The van der Waals surface area contributed by atoms with Gasteiger partial charge in [-0.25, -0.2) is 9.59 Å². The molecular weight excluding hydrogens is 366 g/mol. The molecule has 1 N–H and O–H groups in total. The Morgan fingerprint density at radius 1 is 1.21 bits per heavy atom. The van der Waals surface area contributed by atoms with Crippen LogP contribution in [0.15, 0.2) is 65.9 Å². The first kappa shape index (κ1) is 20.6. The van der Waals surface area contributed by atoms with Crippen LogP contribution in [0.4, 0.5) is 5.69 Å². The highest BCUT2D eigenvalue weighted by Gasteiger charge is 2.40. The molecule has 0 aromatic heterocycles. The van der Waals surface area contributed by atoms with Gasteiger partial charge >= 0.3 is 11.9 Å². The molecule has 0 aliphatic carbocycles. The first-order valence-electron chi connectivity index (χ1n) is 8.26. The van der Waals surface area contributed by atoms with Crippen LogP contribution in [-0.4, -0.2) is 35.8 Å². The van der Waals surface area contributed by atoms with Crippen LogP contribution >= 0.6 is 0 Å². The Bertz CT molecular complexity index is 887. The Hall–Kier alpha value is -3.75. The van der Waals surface area contributed by atoms with Crippen molar-refractivity contribution in [2.24, 2.45) is 5.10 Å². The minimum Gasteiger partial charge on any atom is -0.458 e. The van der Waals surface area contributed by atoms with Crippen LogP contribution in [-0.2, 0) is 19.1 Å². The second-order valence-electron chi connectivity index (χ2n) is 5.67. The van der Waals surface area contributed by atoms with E-state index < -0.39 is 22.8 Å². The van der Waals surface area contributed by atoms with E-state index in [1.165, 1.54) is 30.4 Å². The van der Waals surface area contributed by atoms with E-state index in [0.29, 0.717) is 5.70 Å². The average molecular weight is 385 g/mol. The molecule has 1 aliphatic heterocycles. The van der Waals surface area contributed by atoms with Gasteiger partial charge in [-0.2, -0.15) is 5.10 Å². The number of hydrogen-bond donors (Lipinski definition) is 1. The molecule has 9 nitrogen and oxygen atoms in total. The summed E-state index contributed by atoms with van der Waals surface area (Å²) in [4.78, 5) is 36.1. The van der Waals surface area contributed by atoms with E-state index in [9.17, 15) is 19.7 Å². The molecule has 1 heterocycles. The second kappa shape index (κ2) is 9.26. The molecule has 0 spiro atoms. The van der Waals surface area contributed by atoms with Gasteiger partial charge in [0.25, 0.3) is 5.69 Å². The first-order valence-corrected chi connectivity index (χ1v) is 8.26. The molecule has 146 valence electrons. The molecule has 0 saturated heterocycles. The molecule has 1 aromatic carbocycles. The third-order valence-corrected chi connectivity index (χ3v) is 3.85. The highest BCUT2D eigenvalue weighted by Crippen LogP contribution is 2.36. The molecule has 0 fully saturated rings. The molecular formula is C19H19N3O6. The lowest BCUT2D eigenvalue weighted by atomic mass is 9.84. The third kappa shape index (κ3) is 4.32. The number of para-hydroxylation sites is 1. The Morgan fingerprint density at radius 2 is 1.82 bits per heavy atom. The number of nitro benzene ring substituents is 1. The van der Waals surface area contributed by atoms with E-state index in [2.05, 4.69) is 23.7 Å². The van der Waals surface area contributed by atoms with E-state index in [0.717, 1.165) is 0 Å². The summed E-state index contributed by atoms with van der Waals surface area (Å²) in [6.45, 7) is 8.36. The van der Waals surface area contributed by atoms with Gasteiger partial charge in [-0.1, -0.05) is 43.5 Å². The molecule has 1 aromatic rings. The third-order valence-electron chi connectivity index (χ3n) is 3.85. The predicted octanol–water partition coefficient (Wildman–Crippen LogP) is 2.37. The fourth-order valence-corrected chi connectivity index (χ4v) is 2.68. The van der Waals surface area contributed by atoms with Crippen molar-refractivity contribution in [2.75, 3.05) is 13.2 Å². The van der Waals surface area contributed by atoms with Gasteiger partial charge in [0, 0.05) is 17.3 Å². The van der Waals surface area contributed by atoms with Crippen LogP contribution in [0.5, 0.6) is 0 Å². The van der Waals surface area contributed by atoms with Gasteiger partial charge in [0.1, 0.15) is 13.2 Å². The average Bonchev–Trinajstić information content (AvgIpc) is 2.69. The summed E-state index contributed by atoms with van der Waals surface area (Å²) in [6, 6.07) is 5.80. The minimum atomic E-state index is -1.14. The van der Waals surface area contributed by atoms with Gasteiger partial charge in [0.15, 0.2) is 5.71 Å². The van der Waals surface area contributed by atoms with Crippen LogP contribution in [0.1, 0.15) is 18.4 Å². The number of nitrogens with zero attached hydrogens (tertiary/aromatic N) is 2. The molecule has 1 atom stereocenters. The zero-order valence-corrected chi connectivity index (χ0v) is 15.2. The number of rotatable bonds is 8. The molecule has 0 saturated carbocycles. The van der Waals surface area contributed by atoms with Crippen LogP contribution in [0.3, 0.4) is 0 Å². The Kier molecular flexibility index (Phi) is 6.80. The SMILES string of the molecule is C=CCOC(=O)C1=NNC(C)=C(C(=O)OCC=C)C1c1ccccc1[N+](=O)[O-]. The summed E-state index contributed by atoms with van der Waals surface area (Å²) < 4.78 is 10.2. The van der Waals surface area contributed by atoms with E-state index in [4.69, 9.17) is 9.47 Å². The molecule has 2 rings (SSSR count). The number of allylic oxidation sites excluding steroid dienone is 1. The van der Waals surface area contributed by atoms with Crippen LogP contribution in [0, 0.1) is 10.1 Å². The van der Waals surface area contributed by atoms with Gasteiger partial charge in [-0.05, 0) is 6.92 Å². The first-order chi connectivity index (χ1) is 13.4. The zero-order chi connectivity index (χ0) is 20.7. The van der Waals surface area contributed by atoms with Crippen molar-refractivity contribution in [1.29, 1.82) is 0 Å². The number of benzene rings is 1. The molecule has 1 aliphatic rings. The predicted molar refractivity (Wildman–Crippen MR) is 101 cm³/mol. The van der Waals surface area contributed by atoms with Gasteiger partial charge in [-0.3, -0.25) is 15.5 Å². The summed E-state index contributed by atoms with van der Waals surface area (Å²) in [5, 5.41) is 15.5. The summed E-state index contributed by atoms with van der Waals surface area (Å²) >= 11 is 0. The largest absolute Gasteiger partial charge is 0.458 e. The number of carbonyl (C=O) groups excluding carboxylic acids is 2. The number of nitrogens with one attached hydrogen (secondary N) is 1. The van der Waals surface area contributed by atoms with Crippen molar-refractivity contribution in [3.63, 3.8) is 0 Å². The summed E-state index contributed by atoms with van der Waals surface area (Å²) in [5.74, 6) is -2.73. The van der Waals surface area contributed by atoms with Crippen molar-refractivity contribution in [3.05, 3.63) is 76.5 Å². The second-order valence-corrected chi connectivity index (χ2v) is 5.67. The lowest BCUT2D eigenvalue weighted by molar-refractivity contribution is -0.385. The quantitative estimate of drug-likeness (QED) is 0.316. The smallest absolute Gasteiger partial charge is 0.355 e. The van der Waals surface area contributed by atoms with Gasteiger partial charge in [-0.15, -0.1) is 0 Å². The Labute approximate surface area is 161 Å². The van der Waals surface area contributed by atoms with E-state index in [-0.39, 0.29) is 35.7 Å². The monoisotopic (exact) mass is 385 g/mol. The van der Waals surface area contributed by atoms with Crippen molar-refractivity contribution in [1.82, 2.24) is 5.43 Å². The van der Waals surface area contributed by atoms with E-state index in [1.54, 1.807) is 13.0 Å². The van der Waals surface area contributed by atoms with E-state index >= 15 is 0 Å². The normalized spacial score (nSPS) is 15.8. The van der Waals surface area contributed by atoms with Gasteiger partial charge in [0.05, 0.1) is 16.4 Å². The maximum atomic E-state index is 12.7. The maximum absolute atomic E-state index is 12.7. The highest BCUT2D eigenvalue weighted by molar-refractivity contribution is 6.40. The number of carbonyl (C=O) groups is 2. The van der Waals surface area contributed by atoms with E-state index in [1.807, 2.05) is 0 Å². The molecule has 0 radical (unpaired) electrons. The fraction of sp³-hybridized carbons (Fsp3) is 0.211. The maximum Gasteiger partial charge on any atom is 0.355 e. The van der Waals surface area contributed by atoms with Crippen LogP contribution < -0.4 is 5.43 Å².